The van der Waals surface area contributed by atoms with E-state index in [9.17, 15) is 5.48 Å². The smallest absolute Gasteiger partial charge is 0.0616 e. The van der Waals surface area contributed by atoms with Gasteiger partial charge in [0.2, 0.25) is 0 Å². The number of fused-ring (bicyclic) bond motifs is 6. The van der Waals surface area contributed by atoms with Gasteiger partial charge < -0.3 is 0 Å². The van der Waals surface area contributed by atoms with Crippen molar-refractivity contribution in [2.24, 2.45) is 0 Å². The van der Waals surface area contributed by atoms with Crippen LogP contribution in [0.15, 0.2) is 145 Å². The SMILES string of the molecule is [2H]c1c([2H])c([2H])c2c(-c3cc4ccccc4c4ccccc34)c3c([2H])c([2H])c([2H])c([2H])c3c(-c3cccc4ccccc34)c2c1[2H]. The van der Waals surface area contributed by atoms with Gasteiger partial charge in [0.25, 0.3) is 0 Å². The van der Waals surface area contributed by atoms with Gasteiger partial charge in [-0.25, -0.2) is 0 Å². The van der Waals surface area contributed by atoms with Crippen LogP contribution in [0.5, 0.6) is 0 Å². The summed E-state index contributed by atoms with van der Waals surface area (Å²) in [5.41, 5.74) is 1.96. The Morgan fingerprint density at radius 1 is 0.342 bits per heavy atom. The van der Waals surface area contributed by atoms with Crippen molar-refractivity contribution in [2.45, 2.75) is 0 Å². The molecule has 0 amide bonds. The molecule has 0 aromatic heterocycles. The Morgan fingerprint density at radius 2 is 0.816 bits per heavy atom. The predicted octanol–water partition coefficient (Wildman–Crippen LogP) is 10.8. The summed E-state index contributed by atoms with van der Waals surface area (Å²) < 4.78 is 72.2. The van der Waals surface area contributed by atoms with Crippen LogP contribution in [-0.2, 0) is 0 Å². The fraction of sp³-hybridized carbons (Fsp3) is 0. The van der Waals surface area contributed by atoms with Crippen molar-refractivity contribution < 1.29 is 11.0 Å². The van der Waals surface area contributed by atoms with E-state index >= 15 is 0 Å². The standard InChI is InChI=1S/C38H24/c1-3-15-27-25(12-1)14-11-23-31(27)37-32-19-7-9-21-34(32)38(35-22-10-8-20-33(35)37)36-24-26-13-2-4-16-28(26)29-17-5-6-18-30(29)36/h1-24H/i7D,8D,9D,10D,19D,20D,21D,22D. The lowest BCUT2D eigenvalue weighted by Crippen LogP contribution is -1.92. The van der Waals surface area contributed by atoms with Gasteiger partial charge in [-0.15, -0.1) is 0 Å². The molecule has 0 saturated heterocycles. The van der Waals surface area contributed by atoms with Crippen LogP contribution in [0.2, 0.25) is 0 Å². The Bertz CT molecular complexity index is 2540. The maximum atomic E-state index is 9.32. The summed E-state index contributed by atoms with van der Waals surface area (Å²) in [7, 11) is 0. The lowest BCUT2D eigenvalue weighted by atomic mass is 9.83. The molecule has 38 heavy (non-hydrogen) atoms. The Morgan fingerprint density at radius 3 is 1.47 bits per heavy atom. The Labute approximate surface area is 232 Å². The Hall–Kier alpha value is -4.94. The number of hydrogen-bond donors (Lipinski definition) is 0. The van der Waals surface area contributed by atoms with Crippen molar-refractivity contribution in [1.82, 2.24) is 0 Å². The van der Waals surface area contributed by atoms with Crippen LogP contribution in [-0.4, -0.2) is 0 Å². The second kappa shape index (κ2) is 8.30. The Balaban J connectivity index is 1.76. The molecule has 8 rings (SSSR count). The summed E-state index contributed by atoms with van der Waals surface area (Å²) >= 11 is 0. The fourth-order valence-electron chi connectivity index (χ4n) is 5.87. The maximum Gasteiger partial charge on any atom is 0.0629 e. The molecule has 0 aliphatic carbocycles. The van der Waals surface area contributed by atoms with Gasteiger partial charge in [0.05, 0.1) is 11.0 Å². The molecule has 0 radical (unpaired) electrons. The van der Waals surface area contributed by atoms with Crippen LogP contribution >= 0.6 is 0 Å². The number of rotatable bonds is 2. The number of benzene rings is 8. The molecule has 0 spiro atoms. The second-order valence-corrected chi connectivity index (χ2v) is 9.47. The molecule has 0 heteroatoms. The summed E-state index contributed by atoms with van der Waals surface area (Å²) in [6, 6.07) is 28.3. The minimum absolute atomic E-state index is 0.215. The van der Waals surface area contributed by atoms with Crippen LogP contribution in [0.1, 0.15) is 11.0 Å². The first-order valence-corrected chi connectivity index (χ1v) is 12.6. The third kappa shape index (κ3) is 3.04. The average Bonchev–Trinajstić information content (AvgIpc) is 3.09. The molecule has 0 fully saturated rings. The molecule has 8 aromatic carbocycles. The molecule has 0 atom stereocenters. The fourth-order valence-corrected chi connectivity index (χ4v) is 5.87. The van der Waals surface area contributed by atoms with Crippen molar-refractivity contribution in [3.8, 4) is 22.3 Å². The molecule has 176 valence electrons. The van der Waals surface area contributed by atoms with Crippen molar-refractivity contribution >= 4 is 53.9 Å². The summed E-state index contributed by atoms with van der Waals surface area (Å²) in [6.45, 7) is 0. The molecule has 0 aliphatic rings. The zero-order valence-electron chi connectivity index (χ0n) is 28.2. The van der Waals surface area contributed by atoms with Gasteiger partial charge in [-0.2, -0.15) is 0 Å². The van der Waals surface area contributed by atoms with Gasteiger partial charge in [0, 0.05) is 0 Å². The van der Waals surface area contributed by atoms with Crippen molar-refractivity contribution in [1.29, 1.82) is 0 Å². The summed E-state index contributed by atoms with van der Waals surface area (Å²) in [5.74, 6) is 0. The van der Waals surface area contributed by atoms with Gasteiger partial charge in [-0.05, 0) is 82.2 Å². The molecular weight excluding hydrogens is 456 g/mol. The van der Waals surface area contributed by atoms with Gasteiger partial charge in [0.1, 0.15) is 0 Å². The molecule has 0 nitrogen and oxygen atoms in total. The molecule has 0 bridgehead atoms. The first-order chi connectivity index (χ1) is 22.2. The van der Waals surface area contributed by atoms with Crippen LogP contribution < -0.4 is 0 Å². The first-order valence-electron chi connectivity index (χ1n) is 16.6. The van der Waals surface area contributed by atoms with E-state index in [0.717, 1.165) is 32.3 Å². The normalized spacial score (nSPS) is 14.6. The van der Waals surface area contributed by atoms with Crippen LogP contribution in [0.3, 0.4) is 0 Å². The van der Waals surface area contributed by atoms with Crippen molar-refractivity contribution in [3.63, 3.8) is 0 Å². The van der Waals surface area contributed by atoms with E-state index in [0.29, 0.717) is 22.3 Å². The largest absolute Gasteiger partial charge is 0.0629 e. The minimum Gasteiger partial charge on any atom is -0.0616 e. The lowest BCUT2D eigenvalue weighted by molar-refractivity contribution is 1.69. The van der Waals surface area contributed by atoms with E-state index in [1.807, 2.05) is 97.1 Å². The molecule has 0 unspecified atom stereocenters. The maximum absolute atomic E-state index is 9.32. The molecule has 8 aromatic rings. The van der Waals surface area contributed by atoms with Gasteiger partial charge >= 0.3 is 0 Å². The van der Waals surface area contributed by atoms with Crippen LogP contribution in [0.25, 0.3) is 76.1 Å². The topological polar surface area (TPSA) is 0 Å². The van der Waals surface area contributed by atoms with E-state index in [4.69, 9.17) is 5.48 Å². The van der Waals surface area contributed by atoms with E-state index in [-0.39, 0.29) is 45.7 Å². The predicted molar refractivity (Wildman–Crippen MR) is 165 cm³/mol. The lowest BCUT2D eigenvalue weighted by Gasteiger charge is -2.20. The third-order valence-corrected chi connectivity index (χ3v) is 7.47. The average molecular weight is 489 g/mol. The van der Waals surface area contributed by atoms with Crippen LogP contribution in [0.4, 0.5) is 0 Å². The summed E-state index contributed by atoms with van der Waals surface area (Å²) in [6.07, 6.45) is 0. The van der Waals surface area contributed by atoms with E-state index in [1.165, 1.54) is 0 Å². The third-order valence-electron chi connectivity index (χ3n) is 7.47. The van der Waals surface area contributed by atoms with E-state index < -0.39 is 24.2 Å². The molecule has 0 heterocycles. The molecule has 0 N–H and O–H groups in total. The van der Waals surface area contributed by atoms with E-state index in [1.54, 1.807) is 0 Å². The van der Waals surface area contributed by atoms with Gasteiger partial charge in [0.15, 0.2) is 0 Å². The highest BCUT2D eigenvalue weighted by atomic mass is 14.2. The molecular formula is C38H24. The zero-order chi connectivity index (χ0) is 32.0. The highest BCUT2D eigenvalue weighted by Gasteiger charge is 2.19. The molecule has 0 aliphatic heterocycles. The van der Waals surface area contributed by atoms with E-state index in [2.05, 4.69) is 0 Å². The summed E-state index contributed by atoms with van der Waals surface area (Å²) in [4.78, 5) is 0. The Kier molecular flexibility index (Phi) is 3.21. The minimum atomic E-state index is -0.409. The second-order valence-electron chi connectivity index (χ2n) is 9.47. The van der Waals surface area contributed by atoms with Gasteiger partial charge in [-0.1, -0.05) is 139 Å². The van der Waals surface area contributed by atoms with Crippen molar-refractivity contribution in [2.75, 3.05) is 0 Å². The summed E-state index contributed by atoms with van der Waals surface area (Å²) in [5, 5.41) is 6.20. The van der Waals surface area contributed by atoms with Crippen molar-refractivity contribution in [3.05, 3.63) is 145 Å². The molecule has 0 saturated carbocycles. The van der Waals surface area contributed by atoms with Gasteiger partial charge in [-0.3, -0.25) is 0 Å². The highest BCUT2D eigenvalue weighted by molar-refractivity contribution is 6.26. The monoisotopic (exact) mass is 488 g/mol. The van der Waals surface area contributed by atoms with Crippen LogP contribution in [0, 0.1) is 0 Å². The highest BCUT2D eigenvalue weighted by Crippen LogP contribution is 2.47. The quantitative estimate of drug-likeness (QED) is 0.168. The number of hydrogen-bond acceptors (Lipinski definition) is 0. The first kappa shape index (κ1) is 14.7. The zero-order valence-corrected chi connectivity index (χ0v) is 20.2.